The fourth-order valence-electron chi connectivity index (χ4n) is 1.07. The summed E-state index contributed by atoms with van der Waals surface area (Å²) in [6.45, 7) is 4.63. The number of amides is 1. The predicted octanol–water partition coefficient (Wildman–Crippen LogP) is 3.29. The first-order chi connectivity index (χ1) is 7.44. The van der Waals surface area contributed by atoms with Crippen molar-refractivity contribution >= 4 is 40.1 Å². The Labute approximate surface area is 115 Å². The van der Waals surface area contributed by atoms with Crippen LogP contribution in [0, 0.1) is 8.99 Å². The highest BCUT2D eigenvalue weighted by molar-refractivity contribution is 14.1. The first-order valence-corrected chi connectivity index (χ1v) is 6.66. The zero-order chi connectivity index (χ0) is 12.2. The number of hydrogen-bond donors (Lipinski definition) is 1. The fraction of sp³-hybridized carbons (Fsp3) is 0.417. The third-order valence-corrected chi connectivity index (χ3v) is 3.64. The van der Waals surface area contributed by atoms with Crippen LogP contribution in [0.5, 0.6) is 0 Å². The molecular formula is C12H15ClINO. The lowest BCUT2D eigenvalue weighted by atomic mass is 9.96. The molecule has 0 saturated carbocycles. The highest BCUT2D eigenvalue weighted by Crippen LogP contribution is 2.15. The first kappa shape index (κ1) is 13.8. The Morgan fingerprint density at radius 1 is 1.38 bits per heavy atom. The maximum Gasteiger partial charge on any atom is 0.251 e. The van der Waals surface area contributed by atoms with Crippen LogP contribution in [-0.4, -0.2) is 18.3 Å². The Kier molecular flexibility index (Phi) is 5.05. The molecule has 0 bridgehead atoms. The van der Waals surface area contributed by atoms with Gasteiger partial charge in [-0.1, -0.05) is 13.8 Å². The summed E-state index contributed by atoms with van der Waals surface area (Å²) >= 11 is 8.00. The molecule has 0 radical (unpaired) electrons. The van der Waals surface area contributed by atoms with E-state index in [9.17, 15) is 4.79 Å². The summed E-state index contributed by atoms with van der Waals surface area (Å²) in [5.74, 6) is 0.481. The summed E-state index contributed by atoms with van der Waals surface area (Å²) < 4.78 is 1.12. The van der Waals surface area contributed by atoms with Gasteiger partial charge in [-0.05, 0) is 52.3 Å². The molecule has 88 valence electrons. The smallest absolute Gasteiger partial charge is 0.251 e. The van der Waals surface area contributed by atoms with Gasteiger partial charge in [0.1, 0.15) is 0 Å². The number of halogens is 2. The Balaban J connectivity index is 2.56. The van der Waals surface area contributed by atoms with Gasteiger partial charge in [-0.25, -0.2) is 0 Å². The number of benzene rings is 1. The zero-order valence-corrected chi connectivity index (χ0v) is 12.3. The van der Waals surface area contributed by atoms with Crippen LogP contribution in [0.4, 0.5) is 0 Å². The summed E-state index contributed by atoms with van der Waals surface area (Å²) in [6.07, 6.45) is 0. The maximum absolute atomic E-state index is 11.8. The highest BCUT2D eigenvalue weighted by atomic mass is 127. The quantitative estimate of drug-likeness (QED) is 0.654. The van der Waals surface area contributed by atoms with Gasteiger partial charge in [-0.2, -0.15) is 0 Å². The van der Waals surface area contributed by atoms with Gasteiger partial charge in [-0.3, -0.25) is 4.79 Å². The molecule has 0 unspecified atom stereocenters. The SMILES string of the molecule is CC(C)(CCl)CNC(=O)c1ccc(I)cc1. The van der Waals surface area contributed by atoms with Crippen molar-refractivity contribution in [3.63, 3.8) is 0 Å². The zero-order valence-electron chi connectivity index (χ0n) is 9.39. The van der Waals surface area contributed by atoms with Crippen molar-refractivity contribution in [2.45, 2.75) is 13.8 Å². The lowest BCUT2D eigenvalue weighted by Gasteiger charge is -2.21. The minimum Gasteiger partial charge on any atom is -0.351 e. The largest absolute Gasteiger partial charge is 0.351 e. The summed E-state index contributed by atoms with van der Waals surface area (Å²) in [7, 11) is 0. The molecule has 1 amide bonds. The molecule has 0 aliphatic heterocycles. The van der Waals surface area contributed by atoms with Crippen molar-refractivity contribution in [2.24, 2.45) is 5.41 Å². The second-order valence-corrected chi connectivity index (χ2v) is 6.00. The molecule has 1 N–H and O–H groups in total. The number of alkyl halides is 1. The van der Waals surface area contributed by atoms with Crippen LogP contribution < -0.4 is 5.32 Å². The lowest BCUT2D eigenvalue weighted by Crippen LogP contribution is -2.34. The van der Waals surface area contributed by atoms with Gasteiger partial charge in [0, 0.05) is 21.6 Å². The van der Waals surface area contributed by atoms with Crippen molar-refractivity contribution in [1.82, 2.24) is 5.32 Å². The molecule has 0 spiro atoms. The van der Waals surface area contributed by atoms with Crippen molar-refractivity contribution in [3.8, 4) is 0 Å². The minimum atomic E-state index is -0.0690. The lowest BCUT2D eigenvalue weighted by molar-refractivity contribution is 0.0940. The molecular weight excluding hydrogens is 336 g/mol. The molecule has 4 heteroatoms. The monoisotopic (exact) mass is 351 g/mol. The van der Waals surface area contributed by atoms with E-state index in [4.69, 9.17) is 11.6 Å². The highest BCUT2D eigenvalue weighted by Gasteiger charge is 2.17. The number of nitrogens with one attached hydrogen (secondary N) is 1. The van der Waals surface area contributed by atoms with Crippen LogP contribution >= 0.6 is 34.2 Å². The van der Waals surface area contributed by atoms with Crippen molar-refractivity contribution < 1.29 is 4.79 Å². The van der Waals surface area contributed by atoms with E-state index in [0.717, 1.165) is 3.57 Å². The third kappa shape index (κ3) is 4.29. The average molecular weight is 352 g/mol. The fourth-order valence-corrected chi connectivity index (χ4v) is 1.52. The van der Waals surface area contributed by atoms with E-state index < -0.39 is 0 Å². The molecule has 1 aromatic carbocycles. The Morgan fingerprint density at radius 2 is 1.94 bits per heavy atom. The number of rotatable bonds is 4. The van der Waals surface area contributed by atoms with E-state index in [0.29, 0.717) is 18.0 Å². The number of carbonyl (C=O) groups excluding carboxylic acids is 1. The van der Waals surface area contributed by atoms with E-state index in [1.807, 2.05) is 38.1 Å². The van der Waals surface area contributed by atoms with Gasteiger partial charge in [-0.15, -0.1) is 11.6 Å². The summed E-state index contributed by atoms with van der Waals surface area (Å²) in [4.78, 5) is 11.8. The van der Waals surface area contributed by atoms with Gasteiger partial charge in [0.15, 0.2) is 0 Å². The topological polar surface area (TPSA) is 29.1 Å². The maximum atomic E-state index is 11.8. The predicted molar refractivity (Wildman–Crippen MR) is 76.0 cm³/mol. The summed E-state index contributed by atoms with van der Waals surface area (Å²) in [5.41, 5.74) is 0.617. The van der Waals surface area contributed by atoms with Gasteiger partial charge in [0.05, 0.1) is 0 Å². The second kappa shape index (κ2) is 5.87. The first-order valence-electron chi connectivity index (χ1n) is 5.04. The van der Waals surface area contributed by atoms with Crippen molar-refractivity contribution in [3.05, 3.63) is 33.4 Å². The van der Waals surface area contributed by atoms with E-state index in [2.05, 4.69) is 27.9 Å². The van der Waals surface area contributed by atoms with E-state index in [1.54, 1.807) is 0 Å². The molecule has 0 aliphatic carbocycles. The Hall–Kier alpha value is -0.290. The third-order valence-electron chi connectivity index (χ3n) is 2.20. The van der Waals surface area contributed by atoms with Crippen LogP contribution in [0.25, 0.3) is 0 Å². The molecule has 0 aliphatic rings. The molecule has 2 nitrogen and oxygen atoms in total. The van der Waals surface area contributed by atoms with Crippen LogP contribution in [0.1, 0.15) is 24.2 Å². The van der Waals surface area contributed by atoms with Crippen LogP contribution in [0.2, 0.25) is 0 Å². The molecule has 0 atom stereocenters. The van der Waals surface area contributed by atoms with Crippen LogP contribution in [0.15, 0.2) is 24.3 Å². The molecule has 1 rings (SSSR count). The summed E-state index contributed by atoms with van der Waals surface area (Å²) in [6, 6.07) is 7.49. The second-order valence-electron chi connectivity index (χ2n) is 4.49. The average Bonchev–Trinajstić information content (AvgIpc) is 2.27. The Morgan fingerprint density at radius 3 is 2.44 bits per heavy atom. The Bertz CT molecular complexity index is 362. The van der Waals surface area contributed by atoms with Gasteiger partial charge in [0.25, 0.3) is 5.91 Å². The van der Waals surface area contributed by atoms with Crippen molar-refractivity contribution in [1.29, 1.82) is 0 Å². The van der Waals surface area contributed by atoms with Crippen LogP contribution in [0.3, 0.4) is 0 Å². The molecule has 0 fully saturated rings. The molecule has 16 heavy (non-hydrogen) atoms. The standard InChI is InChI=1S/C12H15ClINO/c1-12(2,7-13)8-15-11(16)9-3-5-10(14)6-4-9/h3-6H,7-8H2,1-2H3,(H,15,16). The molecule has 0 saturated heterocycles. The minimum absolute atomic E-state index is 0.0467. The normalized spacial score (nSPS) is 11.2. The van der Waals surface area contributed by atoms with Crippen molar-refractivity contribution in [2.75, 3.05) is 12.4 Å². The molecule has 1 aromatic rings. The van der Waals surface area contributed by atoms with E-state index in [1.165, 1.54) is 0 Å². The van der Waals surface area contributed by atoms with E-state index in [-0.39, 0.29) is 11.3 Å². The number of carbonyl (C=O) groups is 1. The van der Waals surface area contributed by atoms with Gasteiger partial charge >= 0.3 is 0 Å². The van der Waals surface area contributed by atoms with Gasteiger partial charge < -0.3 is 5.32 Å². The number of hydrogen-bond acceptors (Lipinski definition) is 1. The van der Waals surface area contributed by atoms with E-state index >= 15 is 0 Å². The molecule has 0 heterocycles. The van der Waals surface area contributed by atoms with Crippen LogP contribution in [-0.2, 0) is 0 Å². The summed E-state index contributed by atoms with van der Waals surface area (Å²) in [5, 5.41) is 2.88. The molecule has 0 aromatic heterocycles. The van der Waals surface area contributed by atoms with Gasteiger partial charge in [0.2, 0.25) is 0 Å².